The number of amides is 1. The summed E-state index contributed by atoms with van der Waals surface area (Å²) in [5.41, 5.74) is 1.10. The van der Waals surface area contributed by atoms with Gasteiger partial charge in [-0.3, -0.25) is 4.79 Å². The highest BCUT2D eigenvalue weighted by molar-refractivity contribution is 5.77. The van der Waals surface area contributed by atoms with E-state index in [9.17, 15) is 4.79 Å². The second-order valence-corrected chi connectivity index (χ2v) is 3.98. The maximum Gasteiger partial charge on any atom is 0.246 e. The molecule has 0 saturated heterocycles. The van der Waals surface area contributed by atoms with Crippen LogP contribution in [-0.4, -0.2) is 36.9 Å². The van der Waals surface area contributed by atoms with E-state index in [0.29, 0.717) is 6.61 Å². The number of ether oxygens (including phenoxy) is 1. The Morgan fingerprint density at radius 2 is 2.17 bits per heavy atom. The highest BCUT2D eigenvalue weighted by Gasteiger charge is 2.01. The summed E-state index contributed by atoms with van der Waals surface area (Å²) in [7, 11) is 0. The van der Waals surface area contributed by atoms with Crippen LogP contribution in [-0.2, 0) is 9.53 Å². The SMILES string of the molecule is CC(O)CNC(=O)COC/C=C/c1ccccc1. The summed E-state index contributed by atoms with van der Waals surface area (Å²) in [5, 5.41) is 11.5. The number of carbonyl (C=O) groups is 1. The molecule has 0 spiro atoms. The number of rotatable bonds is 7. The average Bonchev–Trinajstić information content (AvgIpc) is 2.37. The maximum atomic E-state index is 11.2. The van der Waals surface area contributed by atoms with Crippen LogP contribution in [0.1, 0.15) is 12.5 Å². The first kappa shape index (κ1) is 14.4. The quantitative estimate of drug-likeness (QED) is 0.714. The third kappa shape index (κ3) is 6.83. The first-order valence-corrected chi connectivity index (χ1v) is 5.92. The lowest BCUT2D eigenvalue weighted by molar-refractivity contribution is -0.125. The molecule has 2 N–H and O–H groups in total. The molecular weight excluding hydrogens is 230 g/mol. The van der Waals surface area contributed by atoms with Crippen molar-refractivity contribution >= 4 is 12.0 Å². The van der Waals surface area contributed by atoms with E-state index in [2.05, 4.69) is 5.32 Å². The van der Waals surface area contributed by atoms with E-state index < -0.39 is 6.10 Å². The van der Waals surface area contributed by atoms with Crippen molar-refractivity contribution in [1.82, 2.24) is 5.32 Å². The van der Waals surface area contributed by atoms with Crippen molar-refractivity contribution in [3.05, 3.63) is 42.0 Å². The molecule has 1 amide bonds. The molecule has 1 atom stereocenters. The van der Waals surface area contributed by atoms with E-state index in [0.717, 1.165) is 5.56 Å². The highest BCUT2D eigenvalue weighted by Crippen LogP contribution is 2.00. The van der Waals surface area contributed by atoms with E-state index >= 15 is 0 Å². The van der Waals surface area contributed by atoms with Crippen LogP contribution in [0.2, 0.25) is 0 Å². The summed E-state index contributed by atoms with van der Waals surface area (Å²) in [5.74, 6) is -0.219. The number of aliphatic hydroxyl groups is 1. The maximum absolute atomic E-state index is 11.2. The Hall–Kier alpha value is -1.65. The standard InChI is InChI=1S/C14H19NO3/c1-12(16)10-15-14(17)11-18-9-5-8-13-6-3-2-4-7-13/h2-8,12,16H,9-11H2,1H3,(H,15,17)/b8-5+. The molecule has 0 radical (unpaired) electrons. The van der Waals surface area contributed by atoms with Crippen molar-refractivity contribution < 1.29 is 14.6 Å². The zero-order valence-electron chi connectivity index (χ0n) is 10.5. The van der Waals surface area contributed by atoms with Gasteiger partial charge in [0.2, 0.25) is 5.91 Å². The molecule has 1 unspecified atom stereocenters. The topological polar surface area (TPSA) is 58.6 Å². The molecule has 0 aromatic heterocycles. The van der Waals surface area contributed by atoms with Gasteiger partial charge in [-0.2, -0.15) is 0 Å². The number of hydrogen-bond acceptors (Lipinski definition) is 3. The fourth-order valence-corrected chi connectivity index (χ4v) is 1.28. The van der Waals surface area contributed by atoms with Crippen LogP contribution >= 0.6 is 0 Å². The molecule has 0 fully saturated rings. The normalized spacial score (nSPS) is 12.6. The minimum absolute atomic E-state index is 0.00580. The van der Waals surface area contributed by atoms with Crippen molar-refractivity contribution in [1.29, 1.82) is 0 Å². The first-order chi connectivity index (χ1) is 8.68. The van der Waals surface area contributed by atoms with Gasteiger partial charge in [-0.15, -0.1) is 0 Å². The van der Waals surface area contributed by atoms with E-state index in [-0.39, 0.29) is 19.1 Å². The Kier molecular flexibility index (Phi) is 6.76. The van der Waals surface area contributed by atoms with Gasteiger partial charge >= 0.3 is 0 Å². The highest BCUT2D eigenvalue weighted by atomic mass is 16.5. The molecule has 0 bridgehead atoms. The summed E-state index contributed by atoms with van der Waals surface area (Å²) in [6, 6.07) is 9.87. The minimum Gasteiger partial charge on any atom is -0.392 e. The Bertz CT molecular complexity index is 374. The smallest absolute Gasteiger partial charge is 0.246 e. The van der Waals surface area contributed by atoms with Crippen molar-refractivity contribution in [3.63, 3.8) is 0 Å². The minimum atomic E-state index is -0.535. The predicted molar refractivity (Wildman–Crippen MR) is 71.0 cm³/mol. The Balaban J connectivity index is 2.11. The van der Waals surface area contributed by atoms with Gasteiger partial charge in [0.05, 0.1) is 12.7 Å². The molecule has 18 heavy (non-hydrogen) atoms. The molecule has 0 saturated carbocycles. The summed E-state index contributed by atoms with van der Waals surface area (Å²) in [4.78, 5) is 11.2. The monoisotopic (exact) mass is 249 g/mol. The lowest BCUT2D eigenvalue weighted by Crippen LogP contribution is -2.33. The fourth-order valence-electron chi connectivity index (χ4n) is 1.28. The van der Waals surface area contributed by atoms with Crippen LogP contribution in [0.4, 0.5) is 0 Å². The molecule has 0 aliphatic rings. The van der Waals surface area contributed by atoms with Gasteiger partial charge in [0.1, 0.15) is 6.61 Å². The van der Waals surface area contributed by atoms with E-state index in [1.165, 1.54) is 0 Å². The third-order valence-corrected chi connectivity index (χ3v) is 2.15. The molecular formula is C14H19NO3. The lowest BCUT2D eigenvalue weighted by Gasteiger charge is -2.06. The second-order valence-electron chi connectivity index (χ2n) is 3.98. The zero-order chi connectivity index (χ0) is 13.2. The van der Waals surface area contributed by atoms with Crippen LogP contribution in [0.3, 0.4) is 0 Å². The summed E-state index contributed by atoms with van der Waals surface area (Å²) >= 11 is 0. The summed E-state index contributed by atoms with van der Waals surface area (Å²) in [6.07, 6.45) is 3.26. The average molecular weight is 249 g/mol. The number of carbonyl (C=O) groups excluding carboxylic acids is 1. The number of nitrogens with one attached hydrogen (secondary N) is 1. The van der Waals surface area contributed by atoms with Crippen molar-refractivity contribution in [2.45, 2.75) is 13.0 Å². The Labute approximate surface area is 107 Å². The van der Waals surface area contributed by atoms with E-state index in [1.807, 2.05) is 42.5 Å². The molecule has 98 valence electrons. The van der Waals surface area contributed by atoms with Crippen molar-refractivity contribution in [2.24, 2.45) is 0 Å². The Morgan fingerprint density at radius 1 is 1.44 bits per heavy atom. The predicted octanol–water partition coefficient (Wildman–Crippen LogP) is 1.21. The number of benzene rings is 1. The first-order valence-electron chi connectivity index (χ1n) is 5.92. The number of aliphatic hydroxyl groups excluding tert-OH is 1. The molecule has 1 rings (SSSR count). The van der Waals surface area contributed by atoms with Gasteiger partial charge in [0.25, 0.3) is 0 Å². The molecule has 0 aliphatic carbocycles. The Morgan fingerprint density at radius 3 is 2.83 bits per heavy atom. The second kappa shape index (κ2) is 8.44. The molecule has 0 heterocycles. The van der Waals surface area contributed by atoms with Gasteiger partial charge < -0.3 is 15.2 Å². The van der Waals surface area contributed by atoms with Gasteiger partial charge in [-0.05, 0) is 12.5 Å². The summed E-state index contributed by atoms with van der Waals surface area (Å²) < 4.78 is 5.17. The third-order valence-electron chi connectivity index (χ3n) is 2.15. The summed E-state index contributed by atoms with van der Waals surface area (Å²) in [6.45, 7) is 2.26. The van der Waals surface area contributed by atoms with Gasteiger partial charge in [-0.1, -0.05) is 42.5 Å². The lowest BCUT2D eigenvalue weighted by atomic mass is 10.2. The molecule has 1 aromatic rings. The number of hydrogen-bond donors (Lipinski definition) is 2. The largest absolute Gasteiger partial charge is 0.392 e. The fraction of sp³-hybridized carbons (Fsp3) is 0.357. The van der Waals surface area contributed by atoms with E-state index in [1.54, 1.807) is 6.92 Å². The molecule has 4 heteroatoms. The van der Waals surface area contributed by atoms with Crippen molar-refractivity contribution in [3.8, 4) is 0 Å². The zero-order valence-corrected chi connectivity index (χ0v) is 10.5. The molecule has 4 nitrogen and oxygen atoms in total. The van der Waals surface area contributed by atoms with Gasteiger partial charge in [0.15, 0.2) is 0 Å². The van der Waals surface area contributed by atoms with Gasteiger partial charge in [0, 0.05) is 6.54 Å². The molecule has 1 aromatic carbocycles. The van der Waals surface area contributed by atoms with Crippen LogP contribution in [0.5, 0.6) is 0 Å². The van der Waals surface area contributed by atoms with Crippen LogP contribution in [0, 0.1) is 0 Å². The van der Waals surface area contributed by atoms with Crippen LogP contribution in [0.15, 0.2) is 36.4 Å². The van der Waals surface area contributed by atoms with E-state index in [4.69, 9.17) is 9.84 Å². The molecule has 0 aliphatic heterocycles. The van der Waals surface area contributed by atoms with Crippen molar-refractivity contribution in [2.75, 3.05) is 19.8 Å². The van der Waals surface area contributed by atoms with Crippen LogP contribution < -0.4 is 5.32 Å². The van der Waals surface area contributed by atoms with Gasteiger partial charge in [-0.25, -0.2) is 0 Å². The van der Waals surface area contributed by atoms with Crippen LogP contribution in [0.25, 0.3) is 6.08 Å².